The highest BCUT2D eigenvalue weighted by Crippen LogP contribution is 2.46. The molecule has 5 rings (SSSR count). The van der Waals surface area contributed by atoms with E-state index in [0.29, 0.717) is 16.3 Å². The number of nitrogens with one attached hydrogen (secondary N) is 2. The van der Waals surface area contributed by atoms with Gasteiger partial charge in [-0.25, -0.2) is 5.01 Å². The molecule has 0 spiro atoms. The maximum absolute atomic E-state index is 13.5. The summed E-state index contributed by atoms with van der Waals surface area (Å²) in [5.41, 5.74) is 4.52. The summed E-state index contributed by atoms with van der Waals surface area (Å²) in [5, 5.41) is 20.3. The van der Waals surface area contributed by atoms with Crippen LogP contribution in [-0.4, -0.2) is 17.6 Å². The highest BCUT2D eigenvalue weighted by molar-refractivity contribution is 8.12. The van der Waals surface area contributed by atoms with Gasteiger partial charge in [0, 0.05) is 10.6 Å². The molecule has 0 saturated carbocycles. The number of hydrogen-bond acceptors (Lipinski definition) is 5. The zero-order chi connectivity index (χ0) is 23.7. The second-order valence-electron chi connectivity index (χ2n) is 7.40. The van der Waals surface area contributed by atoms with Gasteiger partial charge in [-0.3, -0.25) is 25.3 Å². The molecule has 0 atom stereocenters. The number of amidine groups is 1. The SMILES string of the molecule is N#CC1=C(c2ccccc2)S/C(=C2/C(=O)NN(c3ccccc3)C2=O)N(c2ccccc2)C1=N. The first-order valence-corrected chi connectivity index (χ1v) is 11.2. The molecule has 2 heterocycles. The van der Waals surface area contributed by atoms with Crippen LogP contribution < -0.4 is 15.3 Å². The molecule has 34 heavy (non-hydrogen) atoms. The number of rotatable bonds is 3. The molecule has 3 aromatic rings. The summed E-state index contributed by atoms with van der Waals surface area (Å²) in [6.07, 6.45) is 0. The molecule has 8 heteroatoms. The number of carbonyl (C=O) groups excluding carboxylic acids is 2. The Morgan fingerprint density at radius 3 is 1.97 bits per heavy atom. The van der Waals surface area contributed by atoms with Crippen molar-refractivity contribution in [2.45, 2.75) is 0 Å². The third-order valence-electron chi connectivity index (χ3n) is 5.34. The van der Waals surface area contributed by atoms with Crippen LogP contribution in [-0.2, 0) is 9.59 Å². The van der Waals surface area contributed by atoms with E-state index in [-0.39, 0.29) is 22.0 Å². The van der Waals surface area contributed by atoms with Gasteiger partial charge in [-0.1, -0.05) is 78.5 Å². The van der Waals surface area contributed by atoms with Crippen molar-refractivity contribution in [1.82, 2.24) is 5.43 Å². The van der Waals surface area contributed by atoms with Crippen molar-refractivity contribution >= 4 is 45.7 Å². The molecule has 0 aromatic heterocycles. The van der Waals surface area contributed by atoms with Crippen LogP contribution >= 0.6 is 11.8 Å². The Morgan fingerprint density at radius 2 is 1.38 bits per heavy atom. The highest BCUT2D eigenvalue weighted by Gasteiger charge is 2.42. The van der Waals surface area contributed by atoms with E-state index in [2.05, 4.69) is 11.5 Å². The lowest BCUT2D eigenvalue weighted by atomic mass is 10.1. The van der Waals surface area contributed by atoms with E-state index in [0.717, 1.165) is 17.3 Å². The van der Waals surface area contributed by atoms with Gasteiger partial charge in [0.2, 0.25) is 0 Å². The number of para-hydroxylation sites is 2. The van der Waals surface area contributed by atoms with Crippen molar-refractivity contribution in [1.29, 1.82) is 10.7 Å². The number of nitrogens with zero attached hydrogens (tertiary/aromatic N) is 3. The topological polar surface area (TPSA) is 100 Å². The van der Waals surface area contributed by atoms with Crippen molar-refractivity contribution in [2.24, 2.45) is 0 Å². The van der Waals surface area contributed by atoms with Crippen molar-refractivity contribution in [3.63, 3.8) is 0 Å². The first-order valence-electron chi connectivity index (χ1n) is 10.4. The van der Waals surface area contributed by atoms with E-state index in [1.807, 2.05) is 42.5 Å². The summed E-state index contributed by atoms with van der Waals surface area (Å²) in [5.74, 6) is -1.20. The van der Waals surface area contributed by atoms with Crippen LogP contribution in [0.2, 0.25) is 0 Å². The van der Waals surface area contributed by atoms with Crippen molar-refractivity contribution < 1.29 is 9.59 Å². The number of amides is 2. The minimum absolute atomic E-state index is 0.0899. The van der Waals surface area contributed by atoms with E-state index < -0.39 is 11.8 Å². The summed E-state index contributed by atoms with van der Waals surface area (Å²) in [7, 11) is 0. The van der Waals surface area contributed by atoms with Crippen LogP contribution in [0.1, 0.15) is 5.56 Å². The van der Waals surface area contributed by atoms with Gasteiger partial charge in [-0.05, 0) is 29.8 Å². The zero-order valence-corrected chi connectivity index (χ0v) is 18.5. The Hall–Kier alpha value is -4.61. The van der Waals surface area contributed by atoms with Crippen LogP contribution in [0.15, 0.2) is 107 Å². The molecule has 164 valence electrons. The smallest absolute Gasteiger partial charge is 0.285 e. The van der Waals surface area contributed by atoms with Gasteiger partial charge in [0.1, 0.15) is 28.1 Å². The zero-order valence-electron chi connectivity index (χ0n) is 17.7. The van der Waals surface area contributed by atoms with Crippen molar-refractivity contribution in [3.8, 4) is 6.07 Å². The number of anilines is 2. The maximum atomic E-state index is 13.5. The minimum Gasteiger partial charge on any atom is -0.287 e. The molecule has 2 N–H and O–H groups in total. The fourth-order valence-electron chi connectivity index (χ4n) is 3.76. The normalized spacial score (nSPS) is 18.3. The lowest BCUT2D eigenvalue weighted by molar-refractivity contribution is -0.117. The average molecular weight is 464 g/mol. The Bertz CT molecular complexity index is 1410. The number of carbonyl (C=O) groups is 2. The third-order valence-corrected chi connectivity index (χ3v) is 6.56. The summed E-state index contributed by atoms with van der Waals surface area (Å²) in [6, 6.07) is 29.1. The second-order valence-corrected chi connectivity index (χ2v) is 8.40. The highest BCUT2D eigenvalue weighted by atomic mass is 32.2. The van der Waals surface area contributed by atoms with E-state index in [1.165, 1.54) is 9.91 Å². The molecular weight excluding hydrogens is 446 g/mol. The van der Waals surface area contributed by atoms with Crippen LogP contribution in [0.25, 0.3) is 4.91 Å². The summed E-state index contributed by atoms with van der Waals surface area (Å²) in [6.45, 7) is 0. The van der Waals surface area contributed by atoms with Crippen molar-refractivity contribution in [3.05, 3.63) is 113 Å². The Kier molecular flexibility index (Phi) is 5.46. The summed E-state index contributed by atoms with van der Waals surface area (Å²) in [4.78, 5) is 28.6. The lowest BCUT2D eigenvalue weighted by Gasteiger charge is -2.33. The maximum Gasteiger partial charge on any atom is 0.285 e. The largest absolute Gasteiger partial charge is 0.287 e. The molecular formula is C26H17N5O2S. The van der Waals surface area contributed by atoms with E-state index in [4.69, 9.17) is 5.41 Å². The van der Waals surface area contributed by atoms with Crippen LogP contribution in [0.3, 0.4) is 0 Å². The van der Waals surface area contributed by atoms with Gasteiger partial charge in [-0.2, -0.15) is 5.26 Å². The third kappa shape index (κ3) is 3.54. The fourth-order valence-corrected chi connectivity index (χ4v) is 5.02. The second kappa shape index (κ2) is 8.73. The van der Waals surface area contributed by atoms with Crippen LogP contribution in [0.5, 0.6) is 0 Å². The van der Waals surface area contributed by atoms with E-state index in [1.54, 1.807) is 48.5 Å². The number of hydrogen-bond donors (Lipinski definition) is 2. The number of hydrazine groups is 1. The van der Waals surface area contributed by atoms with Gasteiger partial charge in [0.15, 0.2) is 0 Å². The minimum atomic E-state index is -0.571. The van der Waals surface area contributed by atoms with Gasteiger partial charge in [0.25, 0.3) is 11.8 Å². The van der Waals surface area contributed by atoms with Gasteiger partial charge < -0.3 is 0 Å². The summed E-state index contributed by atoms with van der Waals surface area (Å²) < 4.78 is 0. The molecule has 0 bridgehead atoms. The molecule has 2 aliphatic rings. The molecule has 0 unspecified atom stereocenters. The molecule has 0 radical (unpaired) electrons. The molecule has 0 aliphatic carbocycles. The number of nitriles is 1. The Morgan fingerprint density at radius 1 is 0.824 bits per heavy atom. The van der Waals surface area contributed by atoms with Gasteiger partial charge in [0.05, 0.1) is 5.69 Å². The molecule has 3 aromatic carbocycles. The van der Waals surface area contributed by atoms with Gasteiger partial charge >= 0.3 is 0 Å². The van der Waals surface area contributed by atoms with Crippen LogP contribution in [0.4, 0.5) is 11.4 Å². The lowest BCUT2D eigenvalue weighted by Crippen LogP contribution is -2.36. The first kappa shape index (κ1) is 21.2. The Balaban J connectivity index is 1.72. The average Bonchev–Trinajstić information content (AvgIpc) is 3.18. The molecule has 7 nitrogen and oxygen atoms in total. The number of thioether (sulfide) groups is 1. The summed E-state index contributed by atoms with van der Waals surface area (Å²) >= 11 is 1.14. The van der Waals surface area contributed by atoms with Crippen molar-refractivity contribution in [2.75, 3.05) is 9.91 Å². The van der Waals surface area contributed by atoms with Crippen LogP contribution in [0, 0.1) is 16.7 Å². The van der Waals surface area contributed by atoms with E-state index >= 15 is 0 Å². The predicted molar refractivity (Wildman–Crippen MR) is 132 cm³/mol. The van der Waals surface area contributed by atoms with E-state index in [9.17, 15) is 14.9 Å². The standard InChI is InChI=1S/C26H17N5O2S/c27-16-20-22(17-10-4-1-5-11-17)34-26(30(23(20)28)18-12-6-2-7-13-18)21-24(32)29-31(25(21)33)19-14-8-3-9-15-19/h1-15,28H,(H,29,32)/b26-21-,28-23?. The number of benzene rings is 3. The van der Waals surface area contributed by atoms with Gasteiger partial charge in [-0.15, -0.1) is 0 Å². The molecule has 1 fully saturated rings. The molecule has 1 saturated heterocycles. The quantitative estimate of drug-likeness (QED) is 0.442. The first-order chi connectivity index (χ1) is 16.6. The Labute approximate surface area is 200 Å². The predicted octanol–water partition coefficient (Wildman–Crippen LogP) is 4.44. The molecule has 2 amide bonds. The molecule has 2 aliphatic heterocycles. The monoisotopic (exact) mass is 463 g/mol. The fraction of sp³-hybridized carbons (Fsp3) is 0.